The molecular weight excluding hydrogens is 482 g/mol. The molecule has 2 amide bonds. The summed E-state index contributed by atoms with van der Waals surface area (Å²) in [6, 6.07) is 3.97. The molecule has 2 aromatic carbocycles. The van der Waals surface area contributed by atoms with E-state index in [4.69, 9.17) is 0 Å². The van der Waals surface area contributed by atoms with Crippen molar-refractivity contribution in [1.82, 2.24) is 5.32 Å². The first-order valence-electron chi connectivity index (χ1n) is 13.9. The molecule has 8 heteroatoms. The Morgan fingerprint density at radius 1 is 1.08 bits per heavy atom. The second kappa shape index (κ2) is 11.7. The molecule has 1 aliphatic rings. The number of hydrogen-bond donors (Lipinski definition) is 3. The van der Waals surface area contributed by atoms with E-state index >= 15 is 0 Å². The van der Waals surface area contributed by atoms with Crippen molar-refractivity contribution in [3.8, 4) is 16.9 Å². The highest BCUT2D eigenvalue weighted by atomic mass is 16.3. The summed E-state index contributed by atoms with van der Waals surface area (Å²) in [6.45, 7) is 15.4. The first-order valence-corrected chi connectivity index (χ1v) is 13.9. The van der Waals surface area contributed by atoms with Gasteiger partial charge in [-0.1, -0.05) is 47.0 Å². The molecule has 2 atom stereocenters. The number of benzene rings is 1. The van der Waals surface area contributed by atoms with E-state index in [9.17, 15) is 24.3 Å². The molecule has 1 aliphatic heterocycles. The molecule has 3 rings (SSSR count). The van der Waals surface area contributed by atoms with Gasteiger partial charge in [-0.2, -0.15) is 0 Å². The lowest BCUT2D eigenvalue weighted by atomic mass is 9.80. The van der Waals surface area contributed by atoms with Crippen LogP contribution in [0.3, 0.4) is 0 Å². The molecule has 3 N–H and O–H groups in total. The van der Waals surface area contributed by atoms with Gasteiger partial charge >= 0.3 is 0 Å². The Morgan fingerprint density at radius 2 is 1.74 bits per heavy atom. The van der Waals surface area contributed by atoms with Crippen LogP contribution in [-0.4, -0.2) is 35.5 Å². The third-order valence-corrected chi connectivity index (χ3v) is 8.27. The number of carbonyl (C=O) groups excluding carboxylic acids is 2. The van der Waals surface area contributed by atoms with Gasteiger partial charge in [0.2, 0.25) is 17.2 Å². The molecule has 2 aromatic rings. The first-order chi connectivity index (χ1) is 17.8. The van der Waals surface area contributed by atoms with Gasteiger partial charge in [0.15, 0.2) is 5.75 Å². The van der Waals surface area contributed by atoms with Crippen LogP contribution >= 0.6 is 0 Å². The van der Waals surface area contributed by atoms with Gasteiger partial charge in [0.05, 0.1) is 11.3 Å². The van der Waals surface area contributed by atoms with Crippen LogP contribution in [0.5, 0.6) is 5.75 Å². The summed E-state index contributed by atoms with van der Waals surface area (Å²) in [7, 11) is 0. The fraction of sp³-hybridized carbons (Fsp3) is 0.600. The minimum atomic E-state index is -0.921. The van der Waals surface area contributed by atoms with Gasteiger partial charge in [0.1, 0.15) is 0 Å². The maximum absolute atomic E-state index is 12.9. The van der Waals surface area contributed by atoms with Gasteiger partial charge in [-0.25, -0.2) is 0 Å². The van der Waals surface area contributed by atoms with Crippen LogP contribution in [0, 0.1) is 5.92 Å². The number of anilines is 2. The third-order valence-electron chi connectivity index (χ3n) is 8.27. The zero-order valence-corrected chi connectivity index (χ0v) is 23.9. The molecule has 0 fully saturated rings. The van der Waals surface area contributed by atoms with Gasteiger partial charge in [-0.3, -0.25) is 19.2 Å². The Morgan fingerprint density at radius 3 is 2.32 bits per heavy atom. The number of nitrogens with zero attached hydrogens (tertiary/aromatic N) is 1. The fourth-order valence-corrected chi connectivity index (χ4v) is 5.49. The van der Waals surface area contributed by atoms with Crippen molar-refractivity contribution in [1.29, 1.82) is 0 Å². The summed E-state index contributed by atoms with van der Waals surface area (Å²) in [6.07, 6.45) is 4.33. The van der Waals surface area contributed by atoms with Crippen molar-refractivity contribution in [3.05, 3.63) is 38.1 Å². The normalized spacial score (nSPS) is 17.1. The Balaban J connectivity index is 1.83. The minimum Gasteiger partial charge on any atom is -0.503 e. The average Bonchev–Trinajstić information content (AvgIpc) is 3.07. The van der Waals surface area contributed by atoms with Crippen LogP contribution in [0.1, 0.15) is 92.6 Å². The molecule has 0 spiro atoms. The number of aromatic hydroxyl groups is 1. The van der Waals surface area contributed by atoms with Gasteiger partial charge in [-0.15, -0.1) is 0 Å². The summed E-state index contributed by atoms with van der Waals surface area (Å²) >= 11 is 0. The smallest absolute Gasteiger partial charge is 0.268 e. The third kappa shape index (κ3) is 5.64. The molecule has 208 valence electrons. The van der Waals surface area contributed by atoms with Crippen molar-refractivity contribution in [2.24, 2.45) is 5.92 Å². The lowest BCUT2D eigenvalue weighted by molar-refractivity contribution is -0.124. The summed E-state index contributed by atoms with van der Waals surface area (Å²) in [5.41, 5.74) is 0.557. The van der Waals surface area contributed by atoms with E-state index in [1.807, 2.05) is 12.1 Å². The van der Waals surface area contributed by atoms with E-state index in [1.165, 1.54) is 0 Å². The van der Waals surface area contributed by atoms with Gasteiger partial charge in [-0.05, 0) is 50.8 Å². The molecule has 8 nitrogen and oxygen atoms in total. The molecule has 2 unspecified atom stereocenters. The lowest BCUT2D eigenvalue weighted by Gasteiger charge is -2.34. The number of amides is 2. The SMILES string of the molecule is CCCCC(CC)CNC(=O)CCC(=O)Nc1cc2c(cc1-c1c(O)c(=O)c1=O)C(C)(C)C(C)N2C(C)C. The molecule has 0 aromatic heterocycles. The Bertz CT molecular complexity index is 1260. The summed E-state index contributed by atoms with van der Waals surface area (Å²) in [5, 5.41) is 16.0. The van der Waals surface area contributed by atoms with Crippen molar-refractivity contribution in [2.45, 2.75) is 104 Å². The van der Waals surface area contributed by atoms with Gasteiger partial charge < -0.3 is 20.6 Å². The van der Waals surface area contributed by atoms with E-state index in [0.29, 0.717) is 23.7 Å². The Kier molecular flexibility index (Phi) is 9.05. The number of fused-ring (bicyclic) bond motifs is 1. The Hall–Kier alpha value is -3.16. The molecule has 1 heterocycles. The fourth-order valence-electron chi connectivity index (χ4n) is 5.49. The van der Waals surface area contributed by atoms with Crippen LogP contribution < -0.4 is 26.4 Å². The molecular formula is C30H43N3O5. The van der Waals surface area contributed by atoms with Crippen LogP contribution in [-0.2, 0) is 15.0 Å². The van der Waals surface area contributed by atoms with E-state index in [0.717, 1.165) is 36.9 Å². The highest BCUT2D eigenvalue weighted by Crippen LogP contribution is 2.50. The van der Waals surface area contributed by atoms with Crippen molar-refractivity contribution in [3.63, 3.8) is 0 Å². The monoisotopic (exact) mass is 525 g/mol. The molecule has 0 saturated carbocycles. The van der Waals surface area contributed by atoms with Crippen molar-refractivity contribution in [2.75, 3.05) is 16.8 Å². The molecule has 0 radical (unpaired) electrons. The number of nitrogens with one attached hydrogen (secondary N) is 2. The van der Waals surface area contributed by atoms with Crippen molar-refractivity contribution >= 4 is 23.2 Å². The largest absolute Gasteiger partial charge is 0.503 e. The predicted octanol–water partition coefficient (Wildman–Crippen LogP) is 4.60. The minimum absolute atomic E-state index is 0.0260. The number of unbranched alkanes of at least 4 members (excludes halogenated alkanes) is 1. The van der Waals surface area contributed by atoms with Crippen LogP contribution in [0.15, 0.2) is 21.7 Å². The number of rotatable bonds is 12. The molecule has 38 heavy (non-hydrogen) atoms. The van der Waals surface area contributed by atoms with E-state index in [-0.39, 0.29) is 47.7 Å². The quantitative estimate of drug-likeness (QED) is 0.349. The Labute approximate surface area is 225 Å². The second-order valence-corrected chi connectivity index (χ2v) is 11.5. The predicted molar refractivity (Wildman–Crippen MR) is 153 cm³/mol. The summed E-state index contributed by atoms with van der Waals surface area (Å²) in [4.78, 5) is 51.8. The molecule has 0 bridgehead atoms. The summed E-state index contributed by atoms with van der Waals surface area (Å²) in [5.74, 6) is -0.700. The van der Waals surface area contributed by atoms with E-state index in [1.54, 1.807) is 0 Å². The highest BCUT2D eigenvalue weighted by Gasteiger charge is 2.44. The molecule has 0 saturated heterocycles. The maximum atomic E-state index is 12.9. The van der Waals surface area contributed by atoms with Gasteiger partial charge in [0, 0.05) is 48.1 Å². The van der Waals surface area contributed by atoms with E-state index in [2.05, 4.69) is 64.0 Å². The number of hydrogen-bond acceptors (Lipinski definition) is 6. The molecule has 0 aliphatic carbocycles. The van der Waals surface area contributed by atoms with Crippen LogP contribution in [0.25, 0.3) is 11.1 Å². The topological polar surface area (TPSA) is 116 Å². The highest BCUT2D eigenvalue weighted by molar-refractivity contribution is 5.99. The zero-order valence-electron chi connectivity index (χ0n) is 23.9. The first kappa shape index (κ1) is 29.4. The lowest BCUT2D eigenvalue weighted by Crippen LogP contribution is -2.42. The van der Waals surface area contributed by atoms with Gasteiger partial charge in [0.25, 0.3) is 5.43 Å². The average molecular weight is 526 g/mol. The standard InChI is InChI=1S/C30H43N3O5/c1-8-10-11-19(9-2)16-31-24(34)12-13-25(35)32-22-15-23-21(30(6,7)18(5)33(23)17(3)4)14-20(22)26-27(36)29(38)28(26)37/h14-15,17-19,36H,8-13,16H2,1-7H3,(H,31,34)(H,32,35). The van der Waals surface area contributed by atoms with Crippen LogP contribution in [0.2, 0.25) is 0 Å². The van der Waals surface area contributed by atoms with E-state index < -0.39 is 16.6 Å². The number of carbonyl (C=O) groups is 2. The second-order valence-electron chi connectivity index (χ2n) is 11.5. The zero-order chi connectivity index (χ0) is 28.4. The summed E-state index contributed by atoms with van der Waals surface area (Å²) < 4.78 is 0. The van der Waals surface area contributed by atoms with Crippen molar-refractivity contribution < 1.29 is 14.7 Å². The van der Waals surface area contributed by atoms with Crippen LogP contribution in [0.4, 0.5) is 11.4 Å². The maximum Gasteiger partial charge on any atom is 0.268 e.